The largest absolute Gasteiger partial charge is 0.340 e. The van der Waals surface area contributed by atoms with Crippen molar-refractivity contribution in [3.8, 4) is 5.82 Å². The molecule has 2 N–H and O–H groups in total. The highest BCUT2D eigenvalue weighted by atomic mass is 16.1. The zero-order valence-electron chi connectivity index (χ0n) is 16.6. The van der Waals surface area contributed by atoms with Gasteiger partial charge < -0.3 is 10.6 Å². The van der Waals surface area contributed by atoms with Gasteiger partial charge in [-0.05, 0) is 43.5 Å². The second-order valence-electron chi connectivity index (χ2n) is 7.57. The van der Waals surface area contributed by atoms with Crippen molar-refractivity contribution in [2.24, 2.45) is 5.92 Å². The number of nitrogens with zero attached hydrogens (tertiary/aromatic N) is 4. The number of anilines is 3. The maximum Gasteiger partial charge on any atom is 0.224 e. The molecule has 0 atom stereocenters. The third-order valence-electron chi connectivity index (χ3n) is 5.29. The zero-order chi connectivity index (χ0) is 20.1. The lowest BCUT2D eigenvalue weighted by molar-refractivity contribution is -0.116. The van der Waals surface area contributed by atoms with Gasteiger partial charge in [-0.3, -0.25) is 9.36 Å². The van der Waals surface area contributed by atoms with Crippen LogP contribution in [0.1, 0.15) is 44.3 Å². The van der Waals surface area contributed by atoms with Crippen molar-refractivity contribution in [1.82, 2.24) is 19.5 Å². The molecule has 1 fully saturated rings. The smallest absolute Gasteiger partial charge is 0.224 e. The molecule has 0 unspecified atom stereocenters. The summed E-state index contributed by atoms with van der Waals surface area (Å²) in [6, 6.07) is 9.54. The van der Waals surface area contributed by atoms with Crippen LogP contribution in [0.3, 0.4) is 0 Å². The Morgan fingerprint density at radius 3 is 2.62 bits per heavy atom. The maximum absolute atomic E-state index is 12.2. The van der Waals surface area contributed by atoms with Crippen LogP contribution in [0.15, 0.2) is 49.1 Å². The fourth-order valence-corrected chi connectivity index (χ4v) is 3.79. The average molecular weight is 390 g/mol. The van der Waals surface area contributed by atoms with Gasteiger partial charge in [-0.15, -0.1) is 0 Å². The van der Waals surface area contributed by atoms with E-state index in [-0.39, 0.29) is 5.91 Å². The van der Waals surface area contributed by atoms with Gasteiger partial charge in [0.2, 0.25) is 5.91 Å². The molecule has 0 aliphatic heterocycles. The normalized spacial score (nSPS) is 14.1. The van der Waals surface area contributed by atoms with Crippen LogP contribution in [0.4, 0.5) is 17.2 Å². The Hall–Kier alpha value is -3.22. The van der Waals surface area contributed by atoms with E-state index < -0.39 is 0 Å². The average Bonchev–Trinajstić information content (AvgIpc) is 3.42. The van der Waals surface area contributed by atoms with Crippen molar-refractivity contribution in [3.63, 3.8) is 0 Å². The quantitative estimate of drug-likeness (QED) is 0.615. The SMILES string of the molecule is Cc1nc(Nc2ccc(NC(=O)CCC3CCCC3)cc2)cc(-n2ccnc2)n1. The number of hydrogen-bond donors (Lipinski definition) is 2. The second kappa shape index (κ2) is 8.86. The number of imidazole rings is 1. The van der Waals surface area contributed by atoms with Crippen LogP contribution in [0.25, 0.3) is 5.82 Å². The second-order valence-corrected chi connectivity index (χ2v) is 7.57. The standard InChI is InChI=1S/C22H26N6O/c1-16-24-20(14-21(25-16)28-13-12-23-15-28)26-18-7-9-19(10-8-18)27-22(29)11-6-17-4-2-3-5-17/h7-10,12-15,17H,2-6,11H2,1H3,(H,27,29)(H,24,25,26). The number of hydrogen-bond acceptors (Lipinski definition) is 5. The maximum atomic E-state index is 12.2. The summed E-state index contributed by atoms with van der Waals surface area (Å²) in [6.45, 7) is 1.86. The van der Waals surface area contributed by atoms with E-state index in [2.05, 4.69) is 25.6 Å². The molecule has 2 aromatic heterocycles. The van der Waals surface area contributed by atoms with E-state index in [1.165, 1.54) is 25.7 Å². The first-order chi connectivity index (χ1) is 14.2. The molecule has 2 heterocycles. The summed E-state index contributed by atoms with van der Waals surface area (Å²) < 4.78 is 1.84. The van der Waals surface area contributed by atoms with Crippen LogP contribution >= 0.6 is 0 Å². The molecule has 1 aliphatic carbocycles. The van der Waals surface area contributed by atoms with Gasteiger partial charge in [-0.25, -0.2) is 15.0 Å². The van der Waals surface area contributed by atoms with Crippen molar-refractivity contribution in [3.05, 3.63) is 54.9 Å². The summed E-state index contributed by atoms with van der Waals surface area (Å²) in [6.07, 6.45) is 12.0. The molecule has 0 radical (unpaired) electrons. The number of nitrogens with one attached hydrogen (secondary N) is 2. The number of carbonyl (C=O) groups excluding carboxylic acids is 1. The lowest BCUT2D eigenvalue weighted by atomic mass is 10.0. The minimum absolute atomic E-state index is 0.0917. The number of rotatable bonds is 7. The molecule has 1 amide bonds. The molecular formula is C22H26N6O. The summed E-state index contributed by atoms with van der Waals surface area (Å²) in [5, 5.41) is 6.28. The van der Waals surface area contributed by atoms with E-state index in [1.54, 1.807) is 12.5 Å². The first kappa shape index (κ1) is 19.1. The summed E-state index contributed by atoms with van der Waals surface area (Å²) >= 11 is 0. The fourth-order valence-electron chi connectivity index (χ4n) is 3.79. The minimum Gasteiger partial charge on any atom is -0.340 e. The first-order valence-corrected chi connectivity index (χ1v) is 10.2. The van der Waals surface area contributed by atoms with Crippen LogP contribution in [0.5, 0.6) is 0 Å². The molecule has 7 nitrogen and oxygen atoms in total. The van der Waals surface area contributed by atoms with Crippen LogP contribution in [0.2, 0.25) is 0 Å². The van der Waals surface area contributed by atoms with Gasteiger partial charge in [-0.2, -0.15) is 0 Å². The molecule has 7 heteroatoms. The summed E-state index contributed by atoms with van der Waals surface area (Å²) in [5.41, 5.74) is 1.70. The fraction of sp³-hybridized carbons (Fsp3) is 0.364. The molecule has 1 aromatic carbocycles. The van der Waals surface area contributed by atoms with Crippen molar-refractivity contribution < 1.29 is 4.79 Å². The Kier molecular flexibility index (Phi) is 5.84. The number of benzene rings is 1. The Labute approximate surface area is 170 Å². The number of carbonyl (C=O) groups is 1. The monoisotopic (exact) mass is 390 g/mol. The molecule has 1 saturated carbocycles. The number of amides is 1. The first-order valence-electron chi connectivity index (χ1n) is 10.2. The van der Waals surface area contributed by atoms with Gasteiger partial charge in [0, 0.05) is 36.3 Å². The van der Waals surface area contributed by atoms with E-state index in [1.807, 2.05) is 48.0 Å². The predicted molar refractivity (Wildman–Crippen MR) is 113 cm³/mol. The van der Waals surface area contributed by atoms with Crippen LogP contribution in [0, 0.1) is 12.8 Å². The third kappa shape index (κ3) is 5.19. The van der Waals surface area contributed by atoms with Crippen LogP contribution in [-0.2, 0) is 4.79 Å². The van der Waals surface area contributed by atoms with Crippen LogP contribution in [-0.4, -0.2) is 25.4 Å². The molecule has 0 spiro atoms. The highest BCUT2D eigenvalue weighted by Crippen LogP contribution is 2.28. The zero-order valence-corrected chi connectivity index (χ0v) is 16.6. The van der Waals surface area contributed by atoms with E-state index in [4.69, 9.17) is 0 Å². The van der Waals surface area contributed by atoms with Gasteiger partial charge >= 0.3 is 0 Å². The van der Waals surface area contributed by atoms with Crippen molar-refractivity contribution in [2.45, 2.75) is 45.4 Å². The molecule has 3 aromatic rings. The summed E-state index contributed by atoms with van der Waals surface area (Å²) in [4.78, 5) is 25.1. The molecular weight excluding hydrogens is 364 g/mol. The van der Waals surface area contributed by atoms with Crippen molar-refractivity contribution >= 4 is 23.1 Å². The minimum atomic E-state index is 0.0917. The lowest BCUT2D eigenvalue weighted by Gasteiger charge is -2.11. The Balaban J connectivity index is 1.35. The van der Waals surface area contributed by atoms with E-state index in [0.29, 0.717) is 18.1 Å². The van der Waals surface area contributed by atoms with Gasteiger partial charge in [0.15, 0.2) is 0 Å². The Morgan fingerprint density at radius 1 is 1.14 bits per heavy atom. The molecule has 0 bridgehead atoms. The van der Waals surface area contributed by atoms with E-state index in [9.17, 15) is 4.79 Å². The van der Waals surface area contributed by atoms with Gasteiger partial charge in [0.25, 0.3) is 0 Å². The molecule has 1 aliphatic rings. The molecule has 29 heavy (non-hydrogen) atoms. The third-order valence-corrected chi connectivity index (χ3v) is 5.29. The summed E-state index contributed by atoms with van der Waals surface area (Å²) in [5.74, 6) is 2.95. The van der Waals surface area contributed by atoms with Gasteiger partial charge in [0.05, 0.1) is 0 Å². The topological polar surface area (TPSA) is 84.7 Å². The Bertz CT molecular complexity index is 946. The molecule has 4 rings (SSSR count). The number of aryl methyl sites for hydroxylation is 1. The van der Waals surface area contributed by atoms with Gasteiger partial charge in [-0.1, -0.05) is 25.7 Å². The van der Waals surface area contributed by atoms with E-state index >= 15 is 0 Å². The Morgan fingerprint density at radius 2 is 1.90 bits per heavy atom. The lowest BCUT2D eigenvalue weighted by Crippen LogP contribution is -2.12. The molecule has 150 valence electrons. The van der Waals surface area contributed by atoms with Gasteiger partial charge in [0.1, 0.15) is 23.8 Å². The highest BCUT2D eigenvalue weighted by molar-refractivity contribution is 5.90. The van der Waals surface area contributed by atoms with Crippen molar-refractivity contribution in [1.29, 1.82) is 0 Å². The summed E-state index contributed by atoms with van der Waals surface area (Å²) in [7, 11) is 0. The van der Waals surface area contributed by atoms with Crippen LogP contribution < -0.4 is 10.6 Å². The predicted octanol–water partition coefficient (Wildman–Crippen LogP) is 4.62. The van der Waals surface area contributed by atoms with Crippen molar-refractivity contribution in [2.75, 3.05) is 10.6 Å². The highest BCUT2D eigenvalue weighted by Gasteiger charge is 2.16. The van der Waals surface area contributed by atoms with E-state index in [0.717, 1.165) is 29.5 Å². The molecule has 0 saturated heterocycles. The number of aromatic nitrogens is 4.